The van der Waals surface area contributed by atoms with Crippen LogP contribution in [-0.4, -0.2) is 29.9 Å². The second-order valence-electron chi connectivity index (χ2n) is 8.84. The molecule has 0 saturated heterocycles. The van der Waals surface area contributed by atoms with Gasteiger partial charge in [0.25, 0.3) is 0 Å². The third-order valence-electron chi connectivity index (χ3n) is 6.40. The molecule has 0 unspecified atom stereocenters. The van der Waals surface area contributed by atoms with Crippen LogP contribution in [0.4, 0.5) is 0 Å². The van der Waals surface area contributed by atoms with Gasteiger partial charge in [-0.2, -0.15) is 0 Å². The average molecular weight is 497 g/mol. The van der Waals surface area contributed by atoms with E-state index in [4.69, 9.17) is 4.74 Å². The van der Waals surface area contributed by atoms with Gasteiger partial charge in [0.15, 0.2) is 0 Å². The Morgan fingerprint density at radius 1 is 1.06 bits per heavy atom. The number of benzene rings is 1. The van der Waals surface area contributed by atoms with Crippen LogP contribution in [-0.2, 0) is 22.6 Å². The maximum absolute atomic E-state index is 13.8. The zero-order chi connectivity index (χ0) is 23.9. The fraction of sp³-hybridized carbons (Fsp3) is 0.407. The molecule has 2 aromatic heterocycles. The van der Waals surface area contributed by atoms with E-state index in [0.717, 1.165) is 52.3 Å². The number of carbonyl (C=O) groups is 2. The standard InChI is InChI=1S/C27H32N2O3S2/c1-19-14-16-34-26(19)25(27(31)28-21-7-4-3-5-8-21)29(24(30)17-23-9-6-15-33-23)18-20-10-12-22(32-2)13-11-20/h6,9-16,21,25H,3-5,7-8,17-18H2,1-2H3,(H,28,31)/t25-/m1/s1. The monoisotopic (exact) mass is 496 g/mol. The van der Waals surface area contributed by atoms with E-state index in [0.29, 0.717) is 6.54 Å². The molecule has 1 fully saturated rings. The molecule has 0 radical (unpaired) electrons. The number of rotatable bonds is 9. The fourth-order valence-corrected chi connectivity index (χ4v) is 6.24. The van der Waals surface area contributed by atoms with Crippen LogP contribution in [0.15, 0.2) is 53.2 Å². The molecule has 1 saturated carbocycles. The Morgan fingerprint density at radius 2 is 1.82 bits per heavy atom. The molecule has 1 aliphatic carbocycles. The van der Waals surface area contributed by atoms with Crippen molar-refractivity contribution in [2.45, 2.75) is 64.1 Å². The molecule has 0 aliphatic heterocycles. The molecule has 0 bridgehead atoms. The number of amides is 2. The van der Waals surface area contributed by atoms with Gasteiger partial charge in [0.1, 0.15) is 11.8 Å². The van der Waals surface area contributed by atoms with Crippen molar-refractivity contribution in [3.05, 3.63) is 74.1 Å². The number of methoxy groups -OCH3 is 1. The van der Waals surface area contributed by atoms with Crippen molar-refractivity contribution in [2.24, 2.45) is 0 Å². The molecule has 1 aliphatic rings. The third-order valence-corrected chi connectivity index (χ3v) is 8.35. The van der Waals surface area contributed by atoms with Gasteiger partial charge in [-0.15, -0.1) is 22.7 Å². The van der Waals surface area contributed by atoms with Gasteiger partial charge in [-0.3, -0.25) is 9.59 Å². The zero-order valence-electron chi connectivity index (χ0n) is 19.8. The van der Waals surface area contributed by atoms with Crippen LogP contribution in [0, 0.1) is 6.92 Å². The summed E-state index contributed by atoms with van der Waals surface area (Å²) in [5, 5.41) is 7.27. The van der Waals surface area contributed by atoms with Crippen LogP contribution in [0.3, 0.4) is 0 Å². The quantitative estimate of drug-likeness (QED) is 0.402. The number of ether oxygens (including phenoxy) is 1. The minimum Gasteiger partial charge on any atom is -0.497 e. The zero-order valence-corrected chi connectivity index (χ0v) is 21.4. The highest BCUT2D eigenvalue weighted by atomic mass is 32.1. The van der Waals surface area contributed by atoms with Crippen molar-refractivity contribution in [2.75, 3.05) is 7.11 Å². The molecule has 3 aromatic rings. The minimum atomic E-state index is -0.656. The molecule has 1 atom stereocenters. The van der Waals surface area contributed by atoms with Crippen LogP contribution in [0.1, 0.15) is 59.0 Å². The lowest BCUT2D eigenvalue weighted by Gasteiger charge is -2.33. The first-order chi connectivity index (χ1) is 16.5. The predicted molar refractivity (Wildman–Crippen MR) is 138 cm³/mol. The van der Waals surface area contributed by atoms with Gasteiger partial charge < -0.3 is 15.0 Å². The maximum Gasteiger partial charge on any atom is 0.248 e. The van der Waals surface area contributed by atoms with Crippen molar-refractivity contribution in [1.29, 1.82) is 0 Å². The summed E-state index contributed by atoms with van der Waals surface area (Å²) in [6, 6.07) is 13.2. The number of hydrogen-bond donors (Lipinski definition) is 1. The molecule has 34 heavy (non-hydrogen) atoms. The first kappa shape index (κ1) is 24.5. The second kappa shape index (κ2) is 11.7. The molecule has 180 valence electrons. The lowest BCUT2D eigenvalue weighted by molar-refractivity contribution is -0.141. The summed E-state index contributed by atoms with van der Waals surface area (Å²) in [5.74, 6) is 0.640. The molecule has 1 N–H and O–H groups in total. The van der Waals surface area contributed by atoms with Gasteiger partial charge in [-0.05, 0) is 65.9 Å². The smallest absolute Gasteiger partial charge is 0.248 e. The van der Waals surface area contributed by atoms with Crippen LogP contribution < -0.4 is 10.1 Å². The highest BCUT2D eigenvalue weighted by molar-refractivity contribution is 7.10. The highest BCUT2D eigenvalue weighted by Gasteiger charge is 2.34. The minimum absolute atomic E-state index is 0.0464. The predicted octanol–water partition coefficient (Wildman–Crippen LogP) is 5.89. The Hall–Kier alpha value is -2.64. The van der Waals surface area contributed by atoms with Crippen molar-refractivity contribution in [3.63, 3.8) is 0 Å². The Kier molecular flexibility index (Phi) is 8.40. The summed E-state index contributed by atoms with van der Waals surface area (Å²) in [5.41, 5.74) is 2.00. The molecule has 2 heterocycles. The van der Waals surface area contributed by atoms with Crippen LogP contribution in [0.2, 0.25) is 0 Å². The fourth-order valence-electron chi connectivity index (χ4n) is 4.51. The molecular formula is C27H32N2O3S2. The highest BCUT2D eigenvalue weighted by Crippen LogP contribution is 2.32. The molecule has 7 heteroatoms. The largest absolute Gasteiger partial charge is 0.497 e. The van der Waals surface area contributed by atoms with Gasteiger partial charge in [-0.25, -0.2) is 0 Å². The first-order valence-electron chi connectivity index (χ1n) is 11.8. The van der Waals surface area contributed by atoms with Gasteiger partial charge >= 0.3 is 0 Å². The Morgan fingerprint density at radius 3 is 2.44 bits per heavy atom. The van der Waals surface area contributed by atoms with E-state index >= 15 is 0 Å². The van der Waals surface area contributed by atoms with Gasteiger partial charge in [0.2, 0.25) is 11.8 Å². The summed E-state index contributed by atoms with van der Waals surface area (Å²) in [4.78, 5) is 31.2. The van der Waals surface area contributed by atoms with E-state index in [2.05, 4.69) is 5.32 Å². The first-order valence-corrected chi connectivity index (χ1v) is 13.6. The maximum atomic E-state index is 13.8. The van der Waals surface area contributed by atoms with Crippen LogP contribution in [0.25, 0.3) is 0 Å². The van der Waals surface area contributed by atoms with E-state index in [1.54, 1.807) is 34.7 Å². The van der Waals surface area contributed by atoms with Crippen molar-refractivity contribution in [3.8, 4) is 5.75 Å². The molecule has 4 rings (SSSR count). The number of carbonyl (C=O) groups excluding carboxylic acids is 2. The summed E-state index contributed by atoms with van der Waals surface area (Å²) in [6.07, 6.45) is 5.79. The molecule has 1 aromatic carbocycles. The van der Waals surface area contributed by atoms with E-state index in [1.165, 1.54) is 6.42 Å². The molecule has 2 amide bonds. The summed E-state index contributed by atoms with van der Waals surface area (Å²) in [6.45, 7) is 2.37. The summed E-state index contributed by atoms with van der Waals surface area (Å²) in [7, 11) is 1.64. The Bertz CT molecular complexity index is 1070. The lowest BCUT2D eigenvalue weighted by atomic mass is 9.95. The molecule has 0 spiro atoms. The Balaban J connectivity index is 1.67. The van der Waals surface area contributed by atoms with E-state index in [-0.39, 0.29) is 24.3 Å². The Labute approximate surface area is 209 Å². The van der Waals surface area contributed by atoms with Gasteiger partial charge in [0, 0.05) is 22.3 Å². The number of aryl methyl sites for hydroxylation is 1. The summed E-state index contributed by atoms with van der Waals surface area (Å²) >= 11 is 3.11. The number of hydrogen-bond acceptors (Lipinski definition) is 5. The average Bonchev–Trinajstić information content (AvgIpc) is 3.51. The van der Waals surface area contributed by atoms with Crippen molar-refractivity contribution < 1.29 is 14.3 Å². The second-order valence-corrected chi connectivity index (χ2v) is 10.8. The van der Waals surface area contributed by atoms with E-state index in [9.17, 15) is 9.59 Å². The van der Waals surface area contributed by atoms with Crippen molar-refractivity contribution >= 4 is 34.5 Å². The molecular weight excluding hydrogens is 464 g/mol. The van der Waals surface area contributed by atoms with Crippen LogP contribution >= 0.6 is 22.7 Å². The third kappa shape index (κ3) is 6.07. The SMILES string of the molecule is COc1ccc(CN(C(=O)Cc2cccs2)[C@@H](C(=O)NC2CCCCC2)c2sccc2C)cc1. The van der Waals surface area contributed by atoms with E-state index < -0.39 is 6.04 Å². The van der Waals surface area contributed by atoms with Gasteiger partial charge in [0.05, 0.1) is 13.5 Å². The van der Waals surface area contributed by atoms with Crippen LogP contribution in [0.5, 0.6) is 5.75 Å². The normalized spacial score (nSPS) is 15.0. The van der Waals surface area contributed by atoms with Gasteiger partial charge in [-0.1, -0.05) is 37.5 Å². The summed E-state index contributed by atoms with van der Waals surface area (Å²) < 4.78 is 5.30. The topological polar surface area (TPSA) is 58.6 Å². The van der Waals surface area contributed by atoms with E-state index in [1.807, 2.05) is 60.1 Å². The molecule has 5 nitrogen and oxygen atoms in total. The number of nitrogens with zero attached hydrogens (tertiary/aromatic N) is 1. The number of nitrogens with one attached hydrogen (secondary N) is 1. The number of thiophene rings is 2. The lowest BCUT2D eigenvalue weighted by Crippen LogP contribution is -2.47. The van der Waals surface area contributed by atoms with Crippen molar-refractivity contribution in [1.82, 2.24) is 10.2 Å².